The number of ether oxygens (including phenoxy) is 1. The molecule has 0 amide bonds. The third-order valence-corrected chi connectivity index (χ3v) is 3.65. The molecule has 5 nitrogen and oxygen atoms in total. The molecule has 1 unspecified atom stereocenters. The number of nitrogens with one attached hydrogen (secondary N) is 2. The fourth-order valence-corrected chi connectivity index (χ4v) is 2.65. The van der Waals surface area contributed by atoms with E-state index >= 15 is 0 Å². The zero-order valence-corrected chi connectivity index (χ0v) is 11.0. The number of aromatic nitrogens is 3. The van der Waals surface area contributed by atoms with Gasteiger partial charge in [-0.25, -0.2) is 4.98 Å². The summed E-state index contributed by atoms with van der Waals surface area (Å²) in [6.45, 7) is 0.710. The molecule has 1 atom stereocenters. The van der Waals surface area contributed by atoms with Crippen molar-refractivity contribution >= 4 is 0 Å². The molecule has 1 heterocycles. The maximum Gasteiger partial charge on any atom is 0.138 e. The highest BCUT2D eigenvalue weighted by molar-refractivity contribution is 5.39. The van der Waals surface area contributed by atoms with Crippen molar-refractivity contribution in [2.45, 2.75) is 31.8 Å². The summed E-state index contributed by atoms with van der Waals surface area (Å²) in [7, 11) is 1.71. The van der Waals surface area contributed by atoms with Crippen LogP contribution in [-0.4, -0.2) is 22.3 Å². The quantitative estimate of drug-likeness (QED) is 0.880. The topological polar surface area (TPSA) is 62.8 Å². The number of fused-ring (bicyclic) bond motifs is 1. The molecule has 3 rings (SSSR count). The number of hydrogen-bond donors (Lipinski definition) is 2. The highest BCUT2D eigenvalue weighted by Crippen LogP contribution is 2.32. The van der Waals surface area contributed by atoms with E-state index in [1.807, 2.05) is 6.07 Å². The minimum atomic E-state index is 0.365. The summed E-state index contributed by atoms with van der Waals surface area (Å²) >= 11 is 0. The summed E-state index contributed by atoms with van der Waals surface area (Å²) in [5, 5.41) is 10.3. The van der Waals surface area contributed by atoms with Crippen LogP contribution in [0.15, 0.2) is 24.5 Å². The third kappa shape index (κ3) is 2.61. The van der Waals surface area contributed by atoms with Crippen LogP contribution in [0.25, 0.3) is 0 Å². The van der Waals surface area contributed by atoms with Gasteiger partial charge in [0, 0.05) is 6.04 Å². The van der Waals surface area contributed by atoms with Crippen molar-refractivity contribution in [3.63, 3.8) is 0 Å². The molecule has 0 spiro atoms. The maximum absolute atomic E-state index is 5.32. The first kappa shape index (κ1) is 12.2. The van der Waals surface area contributed by atoms with Crippen LogP contribution in [-0.2, 0) is 13.0 Å². The number of aromatic amines is 1. The second kappa shape index (κ2) is 5.40. The molecule has 0 bridgehead atoms. The van der Waals surface area contributed by atoms with Crippen LogP contribution in [0.5, 0.6) is 5.75 Å². The zero-order chi connectivity index (χ0) is 13.1. The Hall–Kier alpha value is -1.88. The lowest BCUT2D eigenvalue weighted by molar-refractivity contribution is 0.408. The Bertz CT molecular complexity index is 538. The van der Waals surface area contributed by atoms with Gasteiger partial charge in [0.1, 0.15) is 17.9 Å². The van der Waals surface area contributed by atoms with Crippen molar-refractivity contribution in [3.05, 3.63) is 41.5 Å². The van der Waals surface area contributed by atoms with Crippen molar-refractivity contribution in [2.75, 3.05) is 7.11 Å². The van der Waals surface area contributed by atoms with E-state index in [1.165, 1.54) is 23.9 Å². The van der Waals surface area contributed by atoms with E-state index in [4.69, 9.17) is 4.74 Å². The average Bonchev–Trinajstić information content (AvgIpc) is 2.97. The van der Waals surface area contributed by atoms with Gasteiger partial charge in [0.15, 0.2) is 0 Å². The molecule has 2 aromatic rings. The van der Waals surface area contributed by atoms with E-state index in [0.717, 1.165) is 24.4 Å². The van der Waals surface area contributed by atoms with E-state index < -0.39 is 0 Å². The molecule has 100 valence electrons. The average molecular weight is 258 g/mol. The fraction of sp³-hybridized carbons (Fsp3) is 0.429. The van der Waals surface area contributed by atoms with Gasteiger partial charge in [0.05, 0.1) is 13.7 Å². The van der Waals surface area contributed by atoms with E-state index in [1.54, 1.807) is 7.11 Å². The SMILES string of the molecule is COc1ccc2c(c1)C(NCc1ncn[nH]1)CCC2. The highest BCUT2D eigenvalue weighted by Gasteiger charge is 2.20. The molecule has 0 aliphatic heterocycles. The van der Waals surface area contributed by atoms with Crippen molar-refractivity contribution in [1.29, 1.82) is 0 Å². The van der Waals surface area contributed by atoms with E-state index in [-0.39, 0.29) is 0 Å². The van der Waals surface area contributed by atoms with Crippen molar-refractivity contribution in [1.82, 2.24) is 20.5 Å². The predicted molar refractivity (Wildman–Crippen MR) is 71.9 cm³/mol. The molecule has 1 aliphatic rings. The molecule has 0 saturated carbocycles. The number of benzene rings is 1. The minimum absolute atomic E-state index is 0.365. The molecule has 1 aromatic carbocycles. The van der Waals surface area contributed by atoms with E-state index in [9.17, 15) is 0 Å². The van der Waals surface area contributed by atoms with Gasteiger partial charge in [-0.05, 0) is 42.5 Å². The Balaban J connectivity index is 1.77. The van der Waals surface area contributed by atoms with E-state index in [2.05, 4.69) is 32.6 Å². The smallest absolute Gasteiger partial charge is 0.138 e. The number of hydrogen-bond acceptors (Lipinski definition) is 4. The molecule has 0 saturated heterocycles. The van der Waals surface area contributed by atoms with Crippen LogP contribution in [0.3, 0.4) is 0 Å². The van der Waals surface area contributed by atoms with Crippen LogP contribution in [0, 0.1) is 0 Å². The Morgan fingerprint density at radius 3 is 3.21 bits per heavy atom. The highest BCUT2D eigenvalue weighted by atomic mass is 16.5. The molecule has 0 fully saturated rings. The Morgan fingerprint density at radius 2 is 2.42 bits per heavy atom. The summed E-state index contributed by atoms with van der Waals surface area (Å²) in [5.41, 5.74) is 2.77. The Morgan fingerprint density at radius 1 is 1.47 bits per heavy atom. The van der Waals surface area contributed by atoms with Crippen LogP contribution in [0.1, 0.15) is 35.8 Å². The Kier molecular flexibility index (Phi) is 3.46. The maximum atomic E-state index is 5.32. The number of rotatable bonds is 4. The van der Waals surface area contributed by atoms with Crippen molar-refractivity contribution < 1.29 is 4.74 Å². The molecule has 1 aromatic heterocycles. The molecule has 2 N–H and O–H groups in total. The van der Waals surface area contributed by atoms with Crippen molar-refractivity contribution in [3.8, 4) is 5.75 Å². The largest absolute Gasteiger partial charge is 0.497 e. The van der Waals surface area contributed by atoms with Gasteiger partial charge in [0.2, 0.25) is 0 Å². The lowest BCUT2D eigenvalue weighted by atomic mass is 9.87. The molecule has 0 radical (unpaired) electrons. The van der Waals surface area contributed by atoms with Crippen LogP contribution in [0.4, 0.5) is 0 Å². The van der Waals surface area contributed by atoms with Crippen LogP contribution in [0.2, 0.25) is 0 Å². The number of H-pyrrole nitrogens is 1. The first-order valence-electron chi connectivity index (χ1n) is 6.61. The molecule has 5 heteroatoms. The zero-order valence-electron chi connectivity index (χ0n) is 11.0. The minimum Gasteiger partial charge on any atom is -0.497 e. The number of nitrogens with zero attached hydrogens (tertiary/aromatic N) is 2. The fourth-order valence-electron chi connectivity index (χ4n) is 2.65. The molecule has 19 heavy (non-hydrogen) atoms. The first-order chi connectivity index (χ1) is 9.36. The summed E-state index contributed by atoms with van der Waals surface area (Å²) in [6.07, 6.45) is 5.05. The first-order valence-corrected chi connectivity index (χ1v) is 6.61. The van der Waals surface area contributed by atoms with Gasteiger partial charge in [0.25, 0.3) is 0 Å². The summed E-state index contributed by atoms with van der Waals surface area (Å²) in [5.74, 6) is 1.79. The molecular weight excluding hydrogens is 240 g/mol. The third-order valence-electron chi connectivity index (χ3n) is 3.65. The van der Waals surface area contributed by atoms with Gasteiger partial charge < -0.3 is 10.1 Å². The van der Waals surface area contributed by atoms with Gasteiger partial charge in [-0.3, -0.25) is 5.10 Å². The monoisotopic (exact) mass is 258 g/mol. The summed E-state index contributed by atoms with van der Waals surface area (Å²) in [4.78, 5) is 4.14. The van der Waals surface area contributed by atoms with Gasteiger partial charge in [-0.1, -0.05) is 6.07 Å². The van der Waals surface area contributed by atoms with Gasteiger partial charge in [-0.2, -0.15) is 5.10 Å². The van der Waals surface area contributed by atoms with Crippen LogP contribution >= 0.6 is 0 Å². The second-order valence-corrected chi connectivity index (χ2v) is 4.82. The second-order valence-electron chi connectivity index (χ2n) is 4.82. The Labute approximate surface area is 112 Å². The predicted octanol–water partition coefficient (Wildman–Crippen LogP) is 1.98. The van der Waals surface area contributed by atoms with Gasteiger partial charge in [-0.15, -0.1) is 0 Å². The lowest BCUT2D eigenvalue weighted by Crippen LogP contribution is -2.25. The summed E-state index contributed by atoms with van der Waals surface area (Å²) in [6, 6.07) is 6.73. The lowest BCUT2D eigenvalue weighted by Gasteiger charge is -2.26. The molecule has 1 aliphatic carbocycles. The summed E-state index contributed by atoms with van der Waals surface area (Å²) < 4.78 is 5.32. The molecular formula is C14H18N4O. The number of methoxy groups -OCH3 is 1. The van der Waals surface area contributed by atoms with Gasteiger partial charge >= 0.3 is 0 Å². The number of aryl methyl sites for hydroxylation is 1. The standard InChI is InChI=1S/C14H18N4O/c1-19-11-6-5-10-3-2-4-13(12(10)7-11)15-8-14-16-9-17-18-14/h5-7,9,13,15H,2-4,8H2,1H3,(H,16,17,18). The normalized spacial score (nSPS) is 18.1. The van der Waals surface area contributed by atoms with E-state index in [0.29, 0.717) is 12.6 Å². The van der Waals surface area contributed by atoms with Crippen LogP contribution < -0.4 is 10.1 Å². The van der Waals surface area contributed by atoms with Crippen molar-refractivity contribution in [2.24, 2.45) is 0 Å².